The molecule has 2 aromatic rings. The molecule has 0 saturated heterocycles. The van der Waals surface area contributed by atoms with Gasteiger partial charge in [-0.1, -0.05) is 25.4 Å². The predicted molar refractivity (Wildman–Crippen MR) is 91.4 cm³/mol. The van der Waals surface area contributed by atoms with Crippen molar-refractivity contribution < 1.29 is 32.2 Å². The van der Waals surface area contributed by atoms with Gasteiger partial charge in [0, 0.05) is 17.5 Å². The number of alkyl halides is 3. The summed E-state index contributed by atoms with van der Waals surface area (Å²) in [6.45, 7) is 4.08. The number of aliphatic carboxylic acids is 1. The smallest absolute Gasteiger partial charge is 0.418 e. The van der Waals surface area contributed by atoms with Gasteiger partial charge in [-0.15, -0.1) is 0 Å². The summed E-state index contributed by atoms with van der Waals surface area (Å²) in [6.07, 6.45) is -5.72. The van der Waals surface area contributed by atoms with E-state index in [-0.39, 0.29) is 10.8 Å². The van der Waals surface area contributed by atoms with E-state index in [0.29, 0.717) is 10.9 Å². The van der Waals surface area contributed by atoms with Gasteiger partial charge in [-0.2, -0.15) is 23.0 Å². The van der Waals surface area contributed by atoms with Crippen LogP contribution in [-0.4, -0.2) is 27.0 Å². The SMILES string of the molecule is Cc1c(C(F)(F)F)cnn(-c2cc(OC(C(=O)O)C(C)C)c(Cl)cc2F)c1=O. The second kappa shape index (κ2) is 7.78. The molecule has 0 aliphatic carbocycles. The number of halogens is 5. The largest absolute Gasteiger partial charge is 0.478 e. The summed E-state index contributed by atoms with van der Waals surface area (Å²) in [5.41, 5.74) is -3.65. The fourth-order valence-electron chi connectivity index (χ4n) is 2.38. The van der Waals surface area contributed by atoms with Gasteiger partial charge < -0.3 is 9.84 Å². The van der Waals surface area contributed by atoms with Gasteiger partial charge in [-0.3, -0.25) is 4.79 Å². The van der Waals surface area contributed by atoms with Crippen molar-refractivity contribution in [1.29, 1.82) is 0 Å². The maximum absolute atomic E-state index is 14.3. The molecule has 152 valence electrons. The highest BCUT2D eigenvalue weighted by atomic mass is 35.5. The van der Waals surface area contributed by atoms with Gasteiger partial charge in [-0.05, 0) is 13.0 Å². The summed E-state index contributed by atoms with van der Waals surface area (Å²) in [7, 11) is 0. The first kappa shape index (κ1) is 21.7. The molecule has 0 aliphatic heterocycles. The van der Waals surface area contributed by atoms with Crippen molar-refractivity contribution in [3.63, 3.8) is 0 Å². The summed E-state index contributed by atoms with van der Waals surface area (Å²) < 4.78 is 58.8. The molecule has 6 nitrogen and oxygen atoms in total. The topological polar surface area (TPSA) is 81.4 Å². The molecule has 28 heavy (non-hydrogen) atoms. The lowest BCUT2D eigenvalue weighted by atomic mass is 10.1. The van der Waals surface area contributed by atoms with E-state index in [0.717, 1.165) is 19.1 Å². The highest BCUT2D eigenvalue weighted by molar-refractivity contribution is 6.32. The minimum Gasteiger partial charge on any atom is -0.478 e. The first-order valence-electron chi connectivity index (χ1n) is 7.89. The normalized spacial score (nSPS) is 12.9. The molecule has 1 unspecified atom stereocenters. The van der Waals surface area contributed by atoms with Gasteiger partial charge in [0.05, 0.1) is 16.8 Å². The van der Waals surface area contributed by atoms with E-state index >= 15 is 0 Å². The predicted octanol–water partition coefficient (Wildman–Crippen LogP) is 3.84. The molecular weight excluding hydrogens is 408 g/mol. The van der Waals surface area contributed by atoms with Crippen LogP contribution >= 0.6 is 11.6 Å². The van der Waals surface area contributed by atoms with Crippen LogP contribution in [0.3, 0.4) is 0 Å². The molecule has 0 amide bonds. The third-order valence-electron chi connectivity index (χ3n) is 3.86. The molecule has 0 radical (unpaired) electrons. The van der Waals surface area contributed by atoms with Crippen molar-refractivity contribution >= 4 is 17.6 Å². The Morgan fingerprint density at radius 3 is 2.43 bits per heavy atom. The van der Waals surface area contributed by atoms with Crippen LogP contribution in [0.5, 0.6) is 5.75 Å². The van der Waals surface area contributed by atoms with E-state index in [1.54, 1.807) is 13.8 Å². The van der Waals surface area contributed by atoms with Gasteiger partial charge in [-0.25, -0.2) is 9.18 Å². The molecule has 2 rings (SSSR count). The maximum Gasteiger partial charge on any atom is 0.418 e. The number of carboxylic acids is 1. The molecule has 1 N–H and O–H groups in total. The first-order valence-corrected chi connectivity index (χ1v) is 8.27. The summed E-state index contributed by atoms with van der Waals surface area (Å²) in [6, 6.07) is 1.67. The van der Waals surface area contributed by atoms with E-state index in [1.165, 1.54) is 0 Å². The van der Waals surface area contributed by atoms with Crippen LogP contribution in [0.4, 0.5) is 17.6 Å². The zero-order chi connectivity index (χ0) is 21.4. The van der Waals surface area contributed by atoms with Crippen LogP contribution in [0.25, 0.3) is 5.69 Å². The van der Waals surface area contributed by atoms with Crippen LogP contribution in [0.1, 0.15) is 25.0 Å². The Kier molecular flexibility index (Phi) is 6.03. The van der Waals surface area contributed by atoms with Crippen LogP contribution in [0.2, 0.25) is 5.02 Å². The standard InChI is InChI=1S/C17H15ClF4N2O4/c1-7(2)14(16(26)27)28-13-5-12(11(19)4-10(13)18)24-15(25)8(3)9(6-23-24)17(20,21)22/h4-7,14H,1-3H3,(H,26,27). The Morgan fingerprint density at radius 2 is 1.93 bits per heavy atom. The second-order valence-electron chi connectivity index (χ2n) is 6.25. The summed E-state index contributed by atoms with van der Waals surface area (Å²) in [5.74, 6) is -3.08. The Labute approximate surface area is 161 Å². The molecule has 0 spiro atoms. The highest BCUT2D eigenvalue weighted by Crippen LogP contribution is 2.32. The molecular formula is C17H15ClF4N2O4. The number of aromatic nitrogens is 2. The van der Waals surface area contributed by atoms with Crippen molar-refractivity contribution in [3.05, 3.63) is 50.7 Å². The fourth-order valence-corrected chi connectivity index (χ4v) is 2.57. The Bertz CT molecular complexity index is 973. The molecule has 1 aromatic heterocycles. The molecule has 0 bridgehead atoms. The maximum atomic E-state index is 14.3. The Morgan fingerprint density at radius 1 is 1.32 bits per heavy atom. The number of nitrogens with zero attached hydrogens (tertiary/aromatic N) is 2. The third kappa shape index (κ3) is 4.27. The van der Waals surface area contributed by atoms with Crippen molar-refractivity contribution in [2.45, 2.75) is 33.1 Å². The fraction of sp³-hybridized carbons (Fsp3) is 0.353. The van der Waals surface area contributed by atoms with Gasteiger partial charge in [0.1, 0.15) is 11.4 Å². The lowest BCUT2D eigenvalue weighted by Gasteiger charge is -2.20. The average molecular weight is 423 g/mol. The second-order valence-corrected chi connectivity index (χ2v) is 6.66. The Balaban J connectivity index is 2.61. The van der Waals surface area contributed by atoms with Crippen molar-refractivity contribution in [3.8, 4) is 11.4 Å². The highest BCUT2D eigenvalue weighted by Gasteiger charge is 2.34. The van der Waals surface area contributed by atoms with E-state index < -0.39 is 52.4 Å². The summed E-state index contributed by atoms with van der Waals surface area (Å²) in [5, 5.41) is 12.3. The van der Waals surface area contributed by atoms with Crippen LogP contribution in [0, 0.1) is 18.7 Å². The van der Waals surface area contributed by atoms with E-state index in [9.17, 15) is 32.3 Å². The summed E-state index contributed by atoms with van der Waals surface area (Å²) in [4.78, 5) is 23.6. The van der Waals surface area contributed by atoms with Crippen LogP contribution < -0.4 is 10.3 Å². The number of hydrogen-bond donors (Lipinski definition) is 1. The lowest BCUT2D eigenvalue weighted by molar-refractivity contribution is -0.147. The third-order valence-corrected chi connectivity index (χ3v) is 4.15. The lowest BCUT2D eigenvalue weighted by Crippen LogP contribution is -2.32. The number of carboxylic acid groups (broad SMARTS) is 1. The number of rotatable bonds is 5. The molecule has 0 saturated carbocycles. The monoisotopic (exact) mass is 422 g/mol. The van der Waals surface area contributed by atoms with Gasteiger partial charge in [0.25, 0.3) is 5.56 Å². The van der Waals surface area contributed by atoms with Gasteiger partial charge >= 0.3 is 12.1 Å². The number of hydrogen-bond acceptors (Lipinski definition) is 4. The average Bonchev–Trinajstić information content (AvgIpc) is 2.55. The molecule has 0 fully saturated rings. The molecule has 11 heteroatoms. The van der Waals surface area contributed by atoms with Crippen molar-refractivity contribution in [1.82, 2.24) is 9.78 Å². The zero-order valence-corrected chi connectivity index (χ0v) is 15.6. The van der Waals surface area contributed by atoms with Gasteiger partial charge in [0.2, 0.25) is 0 Å². The molecule has 1 heterocycles. The van der Waals surface area contributed by atoms with Crippen LogP contribution in [-0.2, 0) is 11.0 Å². The minimum absolute atomic E-state index is 0.259. The first-order chi connectivity index (χ1) is 12.8. The number of benzene rings is 1. The van der Waals surface area contributed by atoms with E-state index in [4.69, 9.17) is 16.3 Å². The Hall–Kier alpha value is -2.62. The van der Waals surface area contributed by atoms with Crippen LogP contribution in [0.15, 0.2) is 23.1 Å². The van der Waals surface area contributed by atoms with Gasteiger partial charge in [0.15, 0.2) is 11.9 Å². The van der Waals surface area contributed by atoms with Crippen molar-refractivity contribution in [2.75, 3.05) is 0 Å². The summed E-state index contributed by atoms with van der Waals surface area (Å²) >= 11 is 5.88. The van der Waals surface area contributed by atoms with Crippen molar-refractivity contribution in [2.24, 2.45) is 5.92 Å². The molecule has 0 aliphatic rings. The molecule has 1 aromatic carbocycles. The quantitative estimate of drug-likeness (QED) is 0.740. The number of carbonyl (C=O) groups is 1. The molecule has 1 atom stereocenters. The van der Waals surface area contributed by atoms with E-state index in [2.05, 4.69) is 5.10 Å². The minimum atomic E-state index is -4.80. The van der Waals surface area contributed by atoms with E-state index in [1.807, 2.05) is 0 Å². The zero-order valence-electron chi connectivity index (χ0n) is 14.8. The number of ether oxygens (including phenoxy) is 1.